The van der Waals surface area contributed by atoms with Crippen LogP contribution in [0.4, 0.5) is 17.1 Å². The van der Waals surface area contributed by atoms with E-state index < -0.39 is 5.41 Å². The summed E-state index contributed by atoms with van der Waals surface area (Å²) in [4.78, 5) is 2.53. The zero-order valence-electron chi connectivity index (χ0n) is 29.5. The van der Waals surface area contributed by atoms with E-state index in [1.165, 1.54) is 93.3 Å². The number of fused-ring (bicyclic) bond motifs is 17. The Balaban J connectivity index is 1.22. The summed E-state index contributed by atoms with van der Waals surface area (Å²) in [6.45, 7) is 0. The van der Waals surface area contributed by atoms with E-state index in [-0.39, 0.29) is 0 Å². The molecule has 54 heavy (non-hydrogen) atoms. The molecule has 10 aromatic carbocycles. The van der Waals surface area contributed by atoms with Gasteiger partial charge in [-0.2, -0.15) is 0 Å². The van der Waals surface area contributed by atoms with Crippen LogP contribution in [0.5, 0.6) is 0 Å². The van der Waals surface area contributed by atoms with Crippen molar-refractivity contribution in [3.8, 4) is 22.3 Å². The molecule has 12 rings (SSSR count). The van der Waals surface area contributed by atoms with E-state index in [2.05, 4.69) is 205 Å². The minimum absolute atomic E-state index is 0.482. The fourth-order valence-corrected chi connectivity index (χ4v) is 10.1. The van der Waals surface area contributed by atoms with E-state index >= 15 is 0 Å². The van der Waals surface area contributed by atoms with Crippen molar-refractivity contribution in [3.05, 3.63) is 222 Å². The molecule has 2 aliphatic carbocycles. The third-order valence-electron chi connectivity index (χ3n) is 12.2. The van der Waals surface area contributed by atoms with Gasteiger partial charge in [0.05, 0.1) is 11.1 Å². The normalized spacial score (nSPS) is 13.3. The van der Waals surface area contributed by atoms with Crippen LogP contribution in [-0.2, 0) is 5.41 Å². The molecule has 10 aromatic rings. The zero-order chi connectivity index (χ0) is 35.4. The number of hydrogen-bond donors (Lipinski definition) is 0. The van der Waals surface area contributed by atoms with Crippen LogP contribution in [0.25, 0.3) is 65.3 Å². The van der Waals surface area contributed by atoms with Crippen molar-refractivity contribution in [2.45, 2.75) is 5.41 Å². The molecule has 0 heterocycles. The second-order valence-corrected chi connectivity index (χ2v) is 14.8. The lowest BCUT2D eigenvalue weighted by Crippen LogP contribution is -2.28. The molecule has 0 radical (unpaired) electrons. The standard InChI is InChI=1S/C53H33N/c1-2-15-35-32-36(29-28-34(35)14-1)54(37-30-31-42-40-18-4-3-16-38(40)39-17-5-6-19-41(39)47(42)33-37)51-27-13-23-46-45-22-9-12-26-50(45)53(52(46)51)48-24-10-7-20-43(48)44-21-8-11-25-49(44)53/h1-33H. The van der Waals surface area contributed by atoms with Gasteiger partial charge in [0.1, 0.15) is 0 Å². The lowest BCUT2D eigenvalue weighted by molar-refractivity contribution is 0.793. The first-order chi connectivity index (χ1) is 26.8. The van der Waals surface area contributed by atoms with Crippen LogP contribution in [-0.4, -0.2) is 0 Å². The minimum Gasteiger partial charge on any atom is -0.310 e. The summed E-state index contributed by atoms with van der Waals surface area (Å²) < 4.78 is 0. The van der Waals surface area contributed by atoms with Gasteiger partial charge in [-0.15, -0.1) is 0 Å². The highest BCUT2D eigenvalue weighted by molar-refractivity contribution is 6.26. The number of anilines is 3. The molecule has 0 unspecified atom stereocenters. The molecule has 1 nitrogen and oxygen atoms in total. The second kappa shape index (κ2) is 11.0. The summed E-state index contributed by atoms with van der Waals surface area (Å²) in [5, 5.41) is 10.1. The largest absolute Gasteiger partial charge is 0.310 e. The maximum Gasteiger partial charge on any atom is 0.0746 e. The van der Waals surface area contributed by atoms with Crippen LogP contribution < -0.4 is 4.90 Å². The Bertz CT molecular complexity index is 3090. The van der Waals surface area contributed by atoms with E-state index in [0.29, 0.717) is 0 Å². The first-order valence-corrected chi connectivity index (χ1v) is 18.9. The summed E-state index contributed by atoms with van der Waals surface area (Å²) in [7, 11) is 0. The molecule has 1 spiro atoms. The highest BCUT2D eigenvalue weighted by Crippen LogP contribution is 2.65. The van der Waals surface area contributed by atoms with Crippen LogP contribution in [0.2, 0.25) is 0 Å². The van der Waals surface area contributed by atoms with Gasteiger partial charge in [0, 0.05) is 16.9 Å². The van der Waals surface area contributed by atoms with Crippen LogP contribution >= 0.6 is 0 Å². The van der Waals surface area contributed by atoms with Gasteiger partial charge in [0.15, 0.2) is 0 Å². The predicted molar refractivity (Wildman–Crippen MR) is 227 cm³/mol. The third kappa shape index (κ3) is 3.83. The summed E-state index contributed by atoms with van der Waals surface area (Å²) in [6.07, 6.45) is 0. The van der Waals surface area contributed by atoms with Crippen molar-refractivity contribution in [2.75, 3.05) is 4.90 Å². The smallest absolute Gasteiger partial charge is 0.0746 e. The van der Waals surface area contributed by atoms with Gasteiger partial charge in [-0.3, -0.25) is 0 Å². The predicted octanol–water partition coefficient (Wildman–Crippen LogP) is 14.1. The molecular formula is C53H33N. The molecule has 1 heteroatoms. The average molecular weight is 684 g/mol. The van der Waals surface area contributed by atoms with Crippen molar-refractivity contribution in [1.82, 2.24) is 0 Å². The van der Waals surface area contributed by atoms with Crippen molar-refractivity contribution in [3.63, 3.8) is 0 Å². The van der Waals surface area contributed by atoms with Gasteiger partial charge in [-0.05, 0) is 112 Å². The molecule has 0 saturated heterocycles. The Labute approximate surface area is 314 Å². The summed E-state index contributed by atoms with van der Waals surface area (Å²) in [6, 6.07) is 74.7. The highest BCUT2D eigenvalue weighted by atomic mass is 15.1. The van der Waals surface area contributed by atoms with Gasteiger partial charge in [0.2, 0.25) is 0 Å². The molecular weight excluding hydrogens is 651 g/mol. The van der Waals surface area contributed by atoms with E-state index in [1.54, 1.807) is 0 Å². The van der Waals surface area contributed by atoms with E-state index in [4.69, 9.17) is 0 Å². The van der Waals surface area contributed by atoms with Gasteiger partial charge < -0.3 is 4.90 Å². The average Bonchev–Trinajstić information content (AvgIpc) is 3.72. The van der Waals surface area contributed by atoms with Crippen molar-refractivity contribution < 1.29 is 0 Å². The Morgan fingerprint density at radius 3 is 1.37 bits per heavy atom. The zero-order valence-corrected chi connectivity index (χ0v) is 29.5. The van der Waals surface area contributed by atoms with Crippen molar-refractivity contribution in [2.24, 2.45) is 0 Å². The third-order valence-corrected chi connectivity index (χ3v) is 12.2. The molecule has 0 aromatic heterocycles. The maximum absolute atomic E-state index is 2.53. The number of benzene rings is 10. The summed E-state index contributed by atoms with van der Waals surface area (Å²) >= 11 is 0. The molecule has 0 fully saturated rings. The molecule has 0 N–H and O–H groups in total. The Morgan fingerprint density at radius 1 is 0.296 bits per heavy atom. The maximum atomic E-state index is 2.53. The van der Waals surface area contributed by atoms with E-state index in [9.17, 15) is 0 Å². The topological polar surface area (TPSA) is 3.24 Å². The van der Waals surface area contributed by atoms with Gasteiger partial charge in [0.25, 0.3) is 0 Å². The monoisotopic (exact) mass is 683 g/mol. The van der Waals surface area contributed by atoms with Crippen molar-refractivity contribution >= 4 is 60.2 Å². The second-order valence-electron chi connectivity index (χ2n) is 14.8. The van der Waals surface area contributed by atoms with Gasteiger partial charge >= 0.3 is 0 Å². The molecule has 0 amide bonds. The molecule has 2 aliphatic rings. The van der Waals surface area contributed by atoms with Crippen LogP contribution in [0.1, 0.15) is 22.3 Å². The van der Waals surface area contributed by atoms with Crippen LogP contribution in [0.3, 0.4) is 0 Å². The Kier molecular flexibility index (Phi) is 6.04. The number of nitrogens with zero attached hydrogens (tertiary/aromatic N) is 1. The first-order valence-electron chi connectivity index (χ1n) is 18.9. The number of hydrogen-bond acceptors (Lipinski definition) is 1. The lowest BCUT2D eigenvalue weighted by Gasteiger charge is -2.36. The fraction of sp³-hybridized carbons (Fsp3) is 0.0189. The summed E-state index contributed by atoms with van der Waals surface area (Å²) in [5.41, 5.74) is 13.6. The van der Waals surface area contributed by atoms with Gasteiger partial charge in [-0.25, -0.2) is 0 Å². The minimum atomic E-state index is -0.482. The Hall–Kier alpha value is -6.96. The Morgan fingerprint density at radius 2 is 0.741 bits per heavy atom. The lowest BCUT2D eigenvalue weighted by atomic mass is 9.70. The van der Waals surface area contributed by atoms with Crippen LogP contribution in [0.15, 0.2) is 200 Å². The summed E-state index contributed by atoms with van der Waals surface area (Å²) in [5.74, 6) is 0. The molecule has 0 aliphatic heterocycles. The highest BCUT2D eigenvalue weighted by Gasteiger charge is 2.53. The number of rotatable bonds is 3. The first kappa shape index (κ1) is 29.6. The molecule has 0 atom stereocenters. The van der Waals surface area contributed by atoms with E-state index in [0.717, 1.165) is 11.4 Å². The fourth-order valence-electron chi connectivity index (χ4n) is 10.1. The van der Waals surface area contributed by atoms with E-state index in [1.807, 2.05) is 0 Å². The molecule has 0 saturated carbocycles. The quantitative estimate of drug-likeness (QED) is 0.168. The SMILES string of the molecule is c1ccc2c(c1)-c1ccccc1C21c2ccccc2-c2cccc(N(c3ccc4ccccc4c3)c3ccc4c5ccccc5c5ccccc5c4c3)c21. The molecule has 0 bridgehead atoms. The van der Waals surface area contributed by atoms with Gasteiger partial charge in [-0.1, -0.05) is 170 Å². The molecule has 250 valence electrons. The van der Waals surface area contributed by atoms with Crippen LogP contribution in [0, 0.1) is 0 Å². The van der Waals surface area contributed by atoms with Crippen molar-refractivity contribution in [1.29, 1.82) is 0 Å².